The number of phenolic OH excluding ortho intramolecular Hbond substituents is 1. The lowest BCUT2D eigenvalue weighted by Crippen LogP contribution is -2.50. The van der Waals surface area contributed by atoms with Crippen LogP contribution in [0, 0.1) is 0 Å². The molecule has 5 nitrogen and oxygen atoms in total. The van der Waals surface area contributed by atoms with Crippen molar-refractivity contribution in [1.82, 2.24) is 10.2 Å². The molecule has 18 heavy (non-hydrogen) atoms. The second kappa shape index (κ2) is 5.73. The summed E-state index contributed by atoms with van der Waals surface area (Å²) in [5.74, 6) is 0.425. The third-order valence-corrected chi connectivity index (χ3v) is 3.16. The van der Waals surface area contributed by atoms with Gasteiger partial charge in [0.2, 0.25) is 5.91 Å². The molecule has 0 radical (unpaired) electrons. The SMILES string of the molecule is CNCC(=O)N1CCN(c2cccc(O)c2)CC1. The van der Waals surface area contributed by atoms with Gasteiger partial charge in [-0.2, -0.15) is 0 Å². The molecule has 0 saturated carbocycles. The van der Waals surface area contributed by atoms with Crippen LogP contribution in [0.25, 0.3) is 0 Å². The largest absolute Gasteiger partial charge is 0.508 e. The Labute approximate surface area is 107 Å². The number of hydrogen-bond donors (Lipinski definition) is 2. The summed E-state index contributed by atoms with van der Waals surface area (Å²) < 4.78 is 0. The second-order valence-corrected chi connectivity index (χ2v) is 4.42. The van der Waals surface area contributed by atoms with Crippen molar-refractivity contribution in [2.75, 3.05) is 44.7 Å². The number of carbonyl (C=O) groups excluding carboxylic acids is 1. The van der Waals surface area contributed by atoms with Crippen molar-refractivity contribution in [3.8, 4) is 5.75 Å². The number of rotatable bonds is 3. The summed E-state index contributed by atoms with van der Waals surface area (Å²) >= 11 is 0. The lowest BCUT2D eigenvalue weighted by Gasteiger charge is -2.36. The van der Waals surface area contributed by atoms with Crippen LogP contribution in [0.2, 0.25) is 0 Å². The zero-order valence-corrected chi connectivity index (χ0v) is 10.6. The van der Waals surface area contributed by atoms with Gasteiger partial charge in [-0.3, -0.25) is 4.79 Å². The van der Waals surface area contributed by atoms with E-state index in [1.807, 2.05) is 17.0 Å². The molecule has 0 aromatic heterocycles. The molecular weight excluding hydrogens is 230 g/mol. The molecule has 0 bridgehead atoms. The molecule has 5 heteroatoms. The fraction of sp³-hybridized carbons (Fsp3) is 0.462. The molecule has 1 aromatic carbocycles. The van der Waals surface area contributed by atoms with Crippen LogP contribution in [0.5, 0.6) is 5.75 Å². The van der Waals surface area contributed by atoms with Crippen molar-refractivity contribution >= 4 is 11.6 Å². The van der Waals surface area contributed by atoms with E-state index in [0.717, 1.165) is 31.9 Å². The predicted octanol–water partition coefficient (Wildman–Crippen LogP) is 0.260. The van der Waals surface area contributed by atoms with Crippen LogP contribution in [-0.4, -0.2) is 55.7 Å². The molecule has 1 aliphatic rings. The molecule has 1 aliphatic heterocycles. The summed E-state index contributed by atoms with van der Waals surface area (Å²) in [6.07, 6.45) is 0. The Kier molecular flexibility index (Phi) is 4.04. The smallest absolute Gasteiger partial charge is 0.236 e. The van der Waals surface area contributed by atoms with Crippen LogP contribution < -0.4 is 10.2 Å². The second-order valence-electron chi connectivity index (χ2n) is 4.42. The molecule has 98 valence electrons. The maximum atomic E-state index is 11.7. The van der Waals surface area contributed by atoms with Gasteiger partial charge in [0.15, 0.2) is 0 Å². The lowest BCUT2D eigenvalue weighted by molar-refractivity contribution is -0.130. The molecule has 1 amide bonds. The van der Waals surface area contributed by atoms with Gasteiger partial charge in [-0.15, -0.1) is 0 Å². The first-order valence-electron chi connectivity index (χ1n) is 6.17. The Morgan fingerprint density at radius 3 is 2.67 bits per heavy atom. The van der Waals surface area contributed by atoms with E-state index in [1.165, 1.54) is 0 Å². The van der Waals surface area contributed by atoms with Crippen molar-refractivity contribution in [3.63, 3.8) is 0 Å². The normalized spacial score (nSPS) is 15.8. The van der Waals surface area contributed by atoms with Gasteiger partial charge < -0.3 is 20.2 Å². The number of hydrogen-bond acceptors (Lipinski definition) is 4. The Bertz CT molecular complexity index is 414. The van der Waals surface area contributed by atoms with E-state index in [9.17, 15) is 9.90 Å². The summed E-state index contributed by atoms with van der Waals surface area (Å²) in [4.78, 5) is 15.8. The average Bonchev–Trinajstić information content (AvgIpc) is 2.39. The van der Waals surface area contributed by atoms with Crippen molar-refractivity contribution in [2.45, 2.75) is 0 Å². The summed E-state index contributed by atoms with van der Waals surface area (Å²) in [6, 6.07) is 7.23. The van der Waals surface area contributed by atoms with E-state index in [-0.39, 0.29) is 11.7 Å². The average molecular weight is 249 g/mol. The van der Waals surface area contributed by atoms with Crippen LogP contribution >= 0.6 is 0 Å². The Morgan fingerprint density at radius 1 is 1.33 bits per heavy atom. The number of aromatic hydroxyl groups is 1. The number of nitrogens with one attached hydrogen (secondary N) is 1. The van der Waals surface area contributed by atoms with Gasteiger partial charge in [-0.25, -0.2) is 0 Å². The summed E-state index contributed by atoms with van der Waals surface area (Å²) in [5.41, 5.74) is 1.01. The van der Waals surface area contributed by atoms with E-state index in [4.69, 9.17) is 0 Å². The summed E-state index contributed by atoms with van der Waals surface area (Å²) in [7, 11) is 1.78. The molecular formula is C13H19N3O2. The van der Waals surface area contributed by atoms with E-state index in [0.29, 0.717) is 6.54 Å². The monoisotopic (exact) mass is 249 g/mol. The Morgan fingerprint density at radius 2 is 2.06 bits per heavy atom. The molecule has 0 aliphatic carbocycles. The van der Waals surface area contributed by atoms with Gasteiger partial charge in [0.25, 0.3) is 0 Å². The molecule has 1 heterocycles. The third-order valence-electron chi connectivity index (χ3n) is 3.16. The first-order valence-corrected chi connectivity index (χ1v) is 6.17. The van der Waals surface area contributed by atoms with Crippen LogP contribution in [0.15, 0.2) is 24.3 Å². The highest BCUT2D eigenvalue weighted by Crippen LogP contribution is 2.21. The molecule has 0 spiro atoms. The Balaban J connectivity index is 1.92. The zero-order chi connectivity index (χ0) is 13.0. The number of carbonyl (C=O) groups is 1. The Hall–Kier alpha value is -1.75. The highest BCUT2D eigenvalue weighted by atomic mass is 16.3. The first-order chi connectivity index (χ1) is 8.70. The van der Waals surface area contributed by atoms with E-state index in [2.05, 4.69) is 10.2 Å². The van der Waals surface area contributed by atoms with Crippen LogP contribution in [0.1, 0.15) is 0 Å². The fourth-order valence-electron chi connectivity index (χ4n) is 2.17. The van der Waals surface area contributed by atoms with Gasteiger partial charge in [0, 0.05) is 37.9 Å². The number of piperazine rings is 1. The zero-order valence-electron chi connectivity index (χ0n) is 10.6. The standard InChI is InChI=1S/C13H19N3O2/c1-14-10-13(18)16-7-5-15(6-8-16)11-3-2-4-12(17)9-11/h2-4,9,14,17H,5-8,10H2,1H3. The number of benzene rings is 1. The van der Waals surface area contributed by atoms with Crippen LogP contribution in [0.3, 0.4) is 0 Å². The molecule has 2 rings (SSSR count). The number of anilines is 1. The van der Waals surface area contributed by atoms with Crippen molar-refractivity contribution in [3.05, 3.63) is 24.3 Å². The molecule has 0 unspecified atom stereocenters. The topological polar surface area (TPSA) is 55.8 Å². The molecule has 1 aromatic rings. The maximum absolute atomic E-state index is 11.7. The molecule has 1 saturated heterocycles. The van der Waals surface area contributed by atoms with Gasteiger partial charge in [0.1, 0.15) is 5.75 Å². The van der Waals surface area contributed by atoms with E-state index >= 15 is 0 Å². The first kappa shape index (κ1) is 12.7. The third kappa shape index (κ3) is 2.92. The number of likely N-dealkylation sites (N-methyl/N-ethyl adjacent to an activating group) is 1. The van der Waals surface area contributed by atoms with Gasteiger partial charge in [-0.1, -0.05) is 6.07 Å². The highest BCUT2D eigenvalue weighted by molar-refractivity contribution is 5.78. The van der Waals surface area contributed by atoms with E-state index in [1.54, 1.807) is 19.2 Å². The van der Waals surface area contributed by atoms with Crippen molar-refractivity contribution in [2.24, 2.45) is 0 Å². The molecule has 0 atom stereocenters. The highest BCUT2D eigenvalue weighted by Gasteiger charge is 2.20. The van der Waals surface area contributed by atoms with E-state index < -0.39 is 0 Å². The molecule has 1 fully saturated rings. The van der Waals surface area contributed by atoms with Crippen LogP contribution in [0.4, 0.5) is 5.69 Å². The van der Waals surface area contributed by atoms with Gasteiger partial charge in [-0.05, 0) is 19.2 Å². The lowest BCUT2D eigenvalue weighted by atomic mass is 10.2. The van der Waals surface area contributed by atoms with Crippen molar-refractivity contribution in [1.29, 1.82) is 0 Å². The minimum absolute atomic E-state index is 0.146. The number of nitrogens with zero attached hydrogens (tertiary/aromatic N) is 2. The summed E-state index contributed by atoms with van der Waals surface area (Å²) in [6.45, 7) is 3.47. The minimum Gasteiger partial charge on any atom is -0.508 e. The quantitative estimate of drug-likeness (QED) is 0.807. The van der Waals surface area contributed by atoms with Crippen molar-refractivity contribution < 1.29 is 9.90 Å². The number of phenols is 1. The van der Waals surface area contributed by atoms with Crippen LogP contribution in [-0.2, 0) is 4.79 Å². The maximum Gasteiger partial charge on any atom is 0.236 e. The van der Waals surface area contributed by atoms with Gasteiger partial charge in [0.05, 0.1) is 6.54 Å². The fourth-order valence-corrected chi connectivity index (χ4v) is 2.17. The minimum atomic E-state index is 0.146. The predicted molar refractivity (Wildman–Crippen MR) is 70.8 cm³/mol. The van der Waals surface area contributed by atoms with Gasteiger partial charge >= 0.3 is 0 Å². The number of amides is 1. The molecule has 2 N–H and O–H groups in total. The summed E-state index contributed by atoms with van der Waals surface area (Å²) in [5, 5.41) is 12.3.